The van der Waals surface area contributed by atoms with Crippen LogP contribution in [0, 0.1) is 0 Å². The Kier molecular flexibility index (Phi) is 3.48. The fourth-order valence-corrected chi connectivity index (χ4v) is 1.77. The summed E-state index contributed by atoms with van der Waals surface area (Å²) in [4.78, 5) is 10.8. The predicted molar refractivity (Wildman–Crippen MR) is 57.8 cm³/mol. The number of carbonyl (C=O) groups excluding carboxylic acids is 1. The minimum absolute atomic E-state index is 0.0452. The second-order valence-corrected chi connectivity index (χ2v) is 3.70. The van der Waals surface area contributed by atoms with Gasteiger partial charge in [-0.05, 0) is 24.1 Å². The SMILES string of the molecule is CCc1ccc(NC(C)=O)cc1Br. The van der Waals surface area contributed by atoms with Crippen molar-refractivity contribution >= 4 is 27.5 Å². The Balaban J connectivity index is 2.89. The van der Waals surface area contributed by atoms with E-state index in [1.165, 1.54) is 12.5 Å². The van der Waals surface area contributed by atoms with Gasteiger partial charge in [0.1, 0.15) is 0 Å². The lowest BCUT2D eigenvalue weighted by Crippen LogP contribution is -2.05. The highest BCUT2D eigenvalue weighted by atomic mass is 79.9. The van der Waals surface area contributed by atoms with E-state index in [1.807, 2.05) is 18.2 Å². The molecule has 0 atom stereocenters. The molecule has 0 spiro atoms. The summed E-state index contributed by atoms with van der Waals surface area (Å²) in [6.45, 7) is 3.60. The molecule has 1 aromatic rings. The number of hydrogen-bond acceptors (Lipinski definition) is 1. The maximum Gasteiger partial charge on any atom is 0.221 e. The highest BCUT2D eigenvalue weighted by molar-refractivity contribution is 9.10. The molecule has 13 heavy (non-hydrogen) atoms. The average Bonchev–Trinajstić information content (AvgIpc) is 2.03. The normalized spacial score (nSPS) is 9.77. The van der Waals surface area contributed by atoms with Crippen molar-refractivity contribution in [1.29, 1.82) is 0 Å². The summed E-state index contributed by atoms with van der Waals surface area (Å²) >= 11 is 3.45. The van der Waals surface area contributed by atoms with Crippen molar-refractivity contribution < 1.29 is 4.79 Å². The summed E-state index contributed by atoms with van der Waals surface area (Å²) in [6.07, 6.45) is 0.987. The Labute approximate surface area is 86.5 Å². The number of halogens is 1. The maximum atomic E-state index is 10.8. The monoisotopic (exact) mass is 241 g/mol. The number of amides is 1. The van der Waals surface area contributed by atoms with Crippen LogP contribution in [0.15, 0.2) is 22.7 Å². The van der Waals surface area contributed by atoms with E-state index in [0.29, 0.717) is 0 Å². The van der Waals surface area contributed by atoms with Crippen LogP contribution in [0.3, 0.4) is 0 Å². The van der Waals surface area contributed by atoms with E-state index in [2.05, 4.69) is 28.2 Å². The van der Waals surface area contributed by atoms with Crippen LogP contribution in [-0.2, 0) is 11.2 Å². The molecule has 0 heterocycles. The lowest BCUT2D eigenvalue weighted by molar-refractivity contribution is -0.114. The number of hydrogen-bond donors (Lipinski definition) is 1. The molecule has 1 rings (SSSR count). The standard InChI is InChI=1S/C10H12BrNO/c1-3-8-4-5-9(6-10(8)11)12-7(2)13/h4-6H,3H2,1-2H3,(H,12,13). The molecule has 0 fully saturated rings. The number of anilines is 1. The van der Waals surface area contributed by atoms with Gasteiger partial charge in [0, 0.05) is 17.1 Å². The van der Waals surface area contributed by atoms with Crippen molar-refractivity contribution in [3.05, 3.63) is 28.2 Å². The molecule has 1 aromatic carbocycles. The van der Waals surface area contributed by atoms with E-state index >= 15 is 0 Å². The van der Waals surface area contributed by atoms with Gasteiger partial charge in [-0.25, -0.2) is 0 Å². The summed E-state index contributed by atoms with van der Waals surface area (Å²) in [5, 5.41) is 2.73. The lowest BCUT2D eigenvalue weighted by Gasteiger charge is -2.05. The first kappa shape index (κ1) is 10.3. The molecule has 0 aliphatic rings. The van der Waals surface area contributed by atoms with E-state index in [0.717, 1.165) is 16.6 Å². The van der Waals surface area contributed by atoms with Gasteiger partial charge in [-0.2, -0.15) is 0 Å². The van der Waals surface area contributed by atoms with Crippen molar-refractivity contribution in [2.24, 2.45) is 0 Å². The highest BCUT2D eigenvalue weighted by Crippen LogP contribution is 2.21. The topological polar surface area (TPSA) is 29.1 Å². The van der Waals surface area contributed by atoms with Gasteiger partial charge in [-0.3, -0.25) is 4.79 Å². The smallest absolute Gasteiger partial charge is 0.221 e. The van der Waals surface area contributed by atoms with E-state index in [9.17, 15) is 4.79 Å². The van der Waals surface area contributed by atoms with Gasteiger partial charge in [-0.15, -0.1) is 0 Å². The molecule has 70 valence electrons. The molecule has 0 saturated heterocycles. The van der Waals surface area contributed by atoms with E-state index in [-0.39, 0.29) is 5.91 Å². The fraction of sp³-hybridized carbons (Fsp3) is 0.300. The Hall–Kier alpha value is -0.830. The van der Waals surface area contributed by atoms with Crippen molar-refractivity contribution in [1.82, 2.24) is 0 Å². The van der Waals surface area contributed by atoms with E-state index in [4.69, 9.17) is 0 Å². The molecule has 2 nitrogen and oxygen atoms in total. The molecule has 3 heteroatoms. The number of rotatable bonds is 2. The van der Waals surface area contributed by atoms with E-state index in [1.54, 1.807) is 0 Å². The molecule has 0 radical (unpaired) electrons. The van der Waals surface area contributed by atoms with Gasteiger partial charge < -0.3 is 5.32 Å². The second-order valence-electron chi connectivity index (χ2n) is 2.84. The molecular formula is C10H12BrNO. The van der Waals surface area contributed by atoms with Crippen LogP contribution in [0.1, 0.15) is 19.4 Å². The van der Waals surface area contributed by atoms with Gasteiger partial charge in [-0.1, -0.05) is 28.9 Å². The summed E-state index contributed by atoms with van der Waals surface area (Å²) in [6, 6.07) is 5.83. The largest absolute Gasteiger partial charge is 0.326 e. The number of aryl methyl sites for hydroxylation is 1. The number of benzene rings is 1. The maximum absolute atomic E-state index is 10.8. The molecule has 0 saturated carbocycles. The third-order valence-electron chi connectivity index (χ3n) is 1.75. The van der Waals surface area contributed by atoms with Crippen LogP contribution in [0.25, 0.3) is 0 Å². The number of nitrogens with one attached hydrogen (secondary N) is 1. The Morgan fingerprint density at radius 1 is 1.54 bits per heavy atom. The van der Waals surface area contributed by atoms with Crippen LogP contribution in [0.4, 0.5) is 5.69 Å². The first-order valence-corrected chi connectivity index (χ1v) is 4.98. The summed E-state index contributed by atoms with van der Waals surface area (Å²) in [7, 11) is 0. The zero-order chi connectivity index (χ0) is 9.84. The van der Waals surface area contributed by atoms with Crippen LogP contribution >= 0.6 is 15.9 Å². The molecule has 1 N–H and O–H groups in total. The van der Waals surface area contributed by atoms with Crippen LogP contribution in [-0.4, -0.2) is 5.91 Å². The summed E-state index contributed by atoms with van der Waals surface area (Å²) in [5.41, 5.74) is 2.07. The fourth-order valence-electron chi connectivity index (χ4n) is 1.12. The van der Waals surface area contributed by atoms with Gasteiger partial charge in [0.15, 0.2) is 0 Å². The minimum Gasteiger partial charge on any atom is -0.326 e. The summed E-state index contributed by atoms with van der Waals surface area (Å²) in [5.74, 6) is -0.0452. The predicted octanol–water partition coefficient (Wildman–Crippen LogP) is 2.97. The van der Waals surface area contributed by atoms with Crippen molar-refractivity contribution in [3.8, 4) is 0 Å². The van der Waals surface area contributed by atoms with Crippen molar-refractivity contribution in [2.75, 3.05) is 5.32 Å². The van der Waals surface area contributed by atoms with Gasteiger partial charge >= 0.3 is 0 Å². The van der Waals surface area contributed by atoms with Gasteiger partial charge in [0.25, 0.3) is 0 Å². The lowest BCUT2D eigenvalue weighted by atomic mass is 10.1. The van der Waals surface area contributed by atoms with Crippen LogP contribution in [0.5, 0.6) is 0 Å². The average molecular weight is 242 g/mol. The Bertz CT molecular complexity index is 323. The zero-order valence-corrected chi connectivity index (χ0v) is 9.31. The molecule has 0 aliphatic carbocycles. The first-order chi connectivity index (χ1) is 6.13. The zero-order valence-electron chi connectivity index (χ0n) is 7.73. The molecule has 0 unspecified atom stereocenters. The van der Waals surface area contributed by atoms with E-state index < -0.39 is 0 Å². The molecule has 0 bridgehead atoms. The molecular weight excluding hydrogens is 230 g/mol. The molecule has 0 aromatic heterocycles. The first-order valence-electron chi connectivity index (χ1n) is 4.19. The van der Waals surface area contributed by atoms with Gasteiger partial charge in [0.05, 0.1) is 0 Å². The molecule has 0 aliphatic heterocycles. The summed E-state index contributed by atoms with van der Waals surface area (Å²) < 4.78 is 1.04. The molecule has 1 amide bonds. The van der Waals surface area contributed by atoms with Gasteiger partial charge in [0.2, 0.25) is 5.91 Å². The number of carbonyl (C=O) groups is 1. The highest BCUT2D eigenvalue weighted by Gasteiger charge is 2.00. The van der Waals surface area contributed by atoms with Crippen LogP contribution < -0.4 is 5.32 Å². The quantitative estimate of drug-likeness (QED) is 0.848. The van der Waals surface area contributed by atoms with Crippen molar-refractivity contribution in [3.63, 3.8) is 0 Å². The Morgan fingerprint density at radius 2 is 2.23 bits per heavy atom. The second kappa shape index (κ2) is 4.42. The Morgan fingerprint density at radius 3 is 2.69 bits per heavy atom. The van der Waals surface area contributed by atoms with Crippen LogP contribution in [0.2, 0.25) is 0 Å². The third kappa shape index (κ3) is 2.84. The van der Waals surface area contributed by atoms with Crippen molar-refractivity contribution in [2.45, 2.75) is 20.3 Å². The minimum atomic E-state index is -0.0452. The third-order valence-corrected chi connectivity index (χ3v) is 2.49.